The highest BCUT2D eigenvalue weighted by Crippen LogP contribution is 2.12. The number of nitrogens with two attached hydrogens (primary N) is 1. The third-order valence-electron chi connectivity index (χ3n) is 3.45. The van der Waals surface area contributed by atoms with Crippen LogP contribution >= 0.6 is 0 Å². The summed E-state index contributed by atoms with van der Waals surface area (Å²) in [6.45, 7) is 3.00. The number of hydrogen-bond acceptors (Lipinski definition) is 4. The van der Waals surface area contributed by atoms with Crippen LogP contribution < -0.4 is 10.5 Å². The molecular formula is C14H21N3O3S. The van der Waals surface area contributed by atoms with E-state index in [0.717, 1.165) is 12.8 Å². The van der Waals surface area contributed by atoms with Gasteiger partial charge in [-0.2, -0.15) is 0 Å². The molecule has 116 valence electrons. The first-order valence-corrected chi connectivity index (χ1v) is 8.66. The molecule has 0 radical (unpaired) electrons. The molecule has 1 saturated heterocycles. The summed E-state index contributed by atoms with van der Waals surface area (Å²) in [5, 5.41) is 0. The standard InChI is InChI=1S/C14H21N3O3S/c1-11(14(18)17-7-2-3-8-17)16-21(19,20)10-12-5-4-6-13(15)9-12/h4-6,9,11,16H,2-3,7-8,10,15H2,1H3. The molecule has 0 spiro atoms. The van der Waals surface area contributed by atoms with E-state index >= 15 is 0 Å². The van der Waals surface area contributed by atoms with Crippen LogP contribution in [0.3, 0.4) is 0 Å². The minimum Gasteiger partial charge on any atom is -0.399 e. The highest BCUT2D eigenvalue weighted by Gasteiger charge is 2.26. The first-order valence-electron chi connectivity index (χ1n) is 7.00. The van der Waals surface area contributed by atoms with E-state index in [2.05, 4.69) is 4.72 Å². The van der Waals surface area contributed by atoms with Crippen LogP contribution in [0.5, 0.6) is 0 Å². The normalized spacial score (nSPS) is 16.9. The van der Waals surface area contributed by atoms with Crippen molar-refractivity contribution in [2.24, 2.45) is 0 Å². The first-order chi connectivity index (χ1) is 9.87. The summed E-state index contributed by atoms with van der Waals surface area (Å²) in [6.07, 6.45) is 1.96. The van der Waals surface area contributed by atoms with E-state index in [4.69, 9.17) is 5.73 Å². The molecule has 7 heteroatoms. The maximum Gasteiger partial charge on any atom is 0.240 e. The Bertz CT molecular complexity index is 610. The molecule has 0 saturated carbocycles. The van der Waals surface area contributed by atoms with E-state index in [9.17, 15) is 13.2 Å². The minimum atomic E-state index is -3.58. The fraction of sp³-hybridized carbons (Fsp3) is 0.500. The molecule has 1 unspecified atom stereocenters. The fourth-order valence-corrected chi connectivity index (χ4v) is 3.82. The molecular weight excluding hydrogens is 290 g/mol. The van der Waals surface area contributed by atoms with E-state index in [-0.39, 0.29) is 11.7 Å². The van der Waals surface area contributed by atoms with Gasteiger partial charge in [-0.05, 0) is 37.5 Å². The monoisotopic (exact) mass is 311 g/mol. The number of rotatable bonds is 5. The number of amides is 1. The van der Waals surface area contributed by atoms with Crippen molar-refractivity contribution in [1.82, 2.24) is 9.62 Å². The van der Waals surface area contributed by atoms with Gasteiger partial charge in [0.15, 0.2) is 0 Å². The molecule has 1 aromatic rings. The number of benzene rings is 1. The van der Waals surface area contributed by atoms with Gasteiger partial charge in [-0.3, -0.25) is 4.79 Å². The largest absolute Gasteiger partial charge is 0.399 e. The Morgan fingerprint density at radius 1 is 1.38 bits per heavy atom. The molecule has 1 heterocycles. The molecule has 2 rings (SSSR count). The van der Waals surface area contributed by atoms with E-state index in [1.165, 1.54) is 0 Å². The number of anilines is 1. The molecule has 1 aliphatic heterocycles. The highest BCUT2D eigenvalue weighted by molar-refractivity contribution is 7.88. The number of carbonyl (C=O) groups excluding carboxylic acids is 1. The van der Waals surface area contributed by atoms with Gasteiger partial charge in [0.2, 0.25) is 15.9 Å². The molecule has 1 amide bonds. The topological polar surface area (TPSA) is 92.5 Å². The predicted molar refractivity (Wildman–Crippen MR) is 81.9 cm³/mol. The second-order valence-electron chi connectivity index (χ2n) is 5.38. The number of carbonyl (C=O) groups is 1. The van der Waals surface area contributed by atoms with Gasteiger partial charge in [-0.25, -0.2) is 13.1 Å². The van der Waals surface area contributed by atoms with E-state index in [0.29, 0.717) is 24.3 Å². The molecule has 1 aromatic carbocycles. The van der Waals surface area contributed by atoms with Crippen LogP contribution in [0.15, 0.2) is 24.3 Å². The highest BCUT2D eigenvalue weighted by atomic mass is 32.2. The zero-order valence-corrected chi connectivity index (χ0v) is 12.9. The number of nitrogens with zero attached hydrogens (tertiary/aromatic N) is 1. The summed E-state index contributed by atoms with van der Waals surface area (Å²) < 4.78 is 26.7. The summed E-state index contributed by atoms with van der Waals surface area (Å²) in [5.41, 5.74) is 6.75. The Morgan fingerprint density at radius 2 is 2.05 bits per heavy atom. The van der Waals surface area contributed by atoms with Gasteiger partial charge >= 0.3 is 0 Å². The number of likely N-dealkylation sites (tertiary alicyclic amines) is 1. The Labute approximate surface area is 125 Å². The van der Waals surface area contributed by atoms with E-state index < -0.39 is 16.1 Å². The summed E-state index contributed by atoms with van der Waals surface area (Å²) in [7, 11) is -3.58. The Kier molecular flexibility index (Phi) is 4.84. The molecule has 1 atom stereocenters. The zero-order chi connectivity index (χ0) is 15.5. The molecule has 0 aromatic heterocycles. The van der Waals surface area contributed by atoms with Gasteiger partial charge in [0.1, 0.15) is 0 Å². The zero-order valence-electron chi connectivity index (χ0n) is 12.1. The second kappa shape index (κ2) is 6.44. The van der Waals surface area contributed by atoms with Crippen LogP contribution in [-0.4, -0.2) is 38.4 Å². The van der Waals surface area contributed by atoms with Gasteiger partial charge in [0.25, 0.3) is 0 Å². The van der Waals surface area contributed by atoms with Gasteiger partial charge in [-0.1, -0.05) is 12.1 Å². The van der Waals surface area contributed by atoms with Crippen molar-refractivity contribution in [2.75, 3.05) is 18.8 Å². The number of hydrogen-bond donors (Lipinski definition) is 2. The van der Waals surface area contributed by atoms with Gasteiger partial charge in [-0.15, -0.1) is 0 Å². The van der Waals surface area contributed by atoms with Gasteiger partial charge in [0, 0.05) is 18.8 Å². The molecule has 6 nitrogen and oxygen atoms in total. The average Bonchev–Trinajstić information content (AvgIpc) is 2.90. The van der Waals surface area contributed by atoms with Crippen LogP contribution in [0.1, 0.15) is 25.3 Å². The third kappa shape index (κ3) is 4.44. The molecule has 1 aliphatic rings. The minimum absolute atomic E-state index is 0.163. The fourth-order valence-electron chi connectivity index (χ4n) is 2.48. The predicted octanol–water partition coefficient (Wildman–Crippen LogP) is 0.699. The molecule has 0 bridgehead atoms. The second-order valence-corrected chi connectivity index (χ2v) is 7.13. The molecule has 0 aliphatic carbocycles. The van der Waals surface area contributed by atoms with Crippen LogP contribution in [0.25, 0.3) is 0 Å². The quantitative estimate of drug-likeness (QED) is 0.783. The smallest absolute Gasteiger partial charge is 0.240 e. The van der Waals surface area contributed by atoms with E-state index in [1.807, 2.05) is 0 Å². The lowest BCUT2D eigenvalue weighted by Gasteiger charge is -2.21. The number of nitrogen functional groups attached to an aromatic ring is 1. The lowest BCUT2D eigenvalue weighted by atomic mass is 10.2. The number of nitrogens with one attached hydrogen (secondary N) is 1. The van der Waals surface area contributed by atoms with Crippen molar-refractivity contribution in [1.29, 1.82) is 0 Å². The van der Waals surface area contributed by atoms with Crippen molar-refractivity contribution in [3.8, 4) is 0 Å². The Balaban J connectivity index is 1.98. The lowest BCUT2D eigenvalue weighted by molar-refractivity contribution is -0.131. The SMILES string of the molecule is CC(NS(=O)(=O)Cc1cccc(N)c1)C(=O)N1CCCC1. The maximum absolute atomic E-state index is 12.1. The van der Waals surface area contributed by atoms with Crippen molar-refractivity contribution >= 4 is 21.6 Å². The van der Waals surface area contributed by atoms with Crippen LogP contribution in [0, 0.1) is 0 Å². The summed E-state index contributed by atoms with van der Waals surface area (Å²) in [5.74, 6) is -0.348. The maximum atomic E-state index is 12.1. The van der Waals surface area contributed by atoms with E-state index in [1.54, 1.807) is 36.1 Å². The Morgan fingerprint density at radius 3 is 2.67 bits per heavy atom. The lowest BCUT2D eigenvalue weighted by Crippen LogP contribution is -2.46. The summed E-state index contributed by atoms with van der Waals surface area (Å²) >= 11 is 0. The van der Waals surface area contributed by atoms with Crippen molar-refractivity contribution < 1.29 is 13.2 Å². The van der Waals surface area contributed by atoms with Crippen LogP contribution in [-0.2, 0) is 20.6 Å². The van der Waals surface area contributed by atoms with Crippen molar-refractivity contribution in [2.45, 2.75) is 31.6 Å². The van der Waals surface area contributed by atoms with Crippen molar-refractivity contribution in [3.05, 3.63) is 29.8 Å². The molecule has 1 fully saturated rings. The molecule has 21 heavy (non-hydrogen) atoms. The first kappa shape index (κ1) is 15.8. The van der Waals surface area contributed by atoms with Crippen molar-refractivity contribution in [3.63, 3.8) is 0 Å². The summed E-state index contributed by atoms with van der Waals surface area (Å²) in [6, 6.07) is 5.98. The van der Waals surface area contributed by atoms with Crippen LogP contribution in [0.4, 0.5) is 5.69 Å². The number of sulfonamides is 1. The van der Waals surface area contributed by atoms with Gasteiger partial charge in [0.05, 0.1) is 11.8 Å². The third-order valence-corrected chi connectivity index (χ3v) is 4.88. The van der Waals surface area contributed by atoms with Crippen LogP contribution in [0.2, 0.25) is 0 Å². The molecule has 3 N–H and O–H groups in total. The van der Waals surface area contributed by atoms with Gasteiger partial charge < -0.3 is 10.6 Å². The average molecular weight is 311 g/mol. The Hall–Kier alpha value is -1.60. The summed E-state index contributed by atoms with van der Waals surface area (Å²) in [4.78, 5) is 13.8.